The number of fused-ring (bicyclic) bond motifs is 7. The molecule has 8 aliphatic rings. The SMILES string of the molecule is C[C@@H]1O[C@@H](O[C@H]2[C@H](O)[C@@H](O)[C@H](O[C@H]3CC[C@]4(C)[C@H]5CC=C6[C@@H]7CC(C)(C)CC[C@]7(C(=O)O)CC[C@@]6(C)[C@]5(C)CC[C@H]4C3(C)C)O[C@@H]2CO)[C@H](O[C@@H]2O[C@@H](CO)[C@H](O)[C@H]2O)[C@H](O)[C@H]1O. The van der Waals surface area contributed by atoms with Crippen molar-refractivity contribution in [2.24, 2.45) is 50.2 Å². The lowest BCUT2D eigenvalue weighted by atomic mass is 9.33. The summed E-state index contributed by atoms with van der Waals surface area (Å²) in [6.45, 7) is 16.6. The first-order valence-electron chi connectivity index (χ1n) is 23.6. The van der Waals surface area contributed by atoms with Crippen molar-refractivity contribution >= 4 is 5.97 Å². The summed E-state index contributed by atoms with van der Waals surface area (Å²) in [5.41, 5.74) is 0.191. The molecule has 0 aromatic carbocycles. The van der Waals surface area contributed by atoms with Crippen LogP contribution in [0.25, 0.3) is 0 Å². The van der Waals surface area contributed by atoms with Crippen LogP contribution in [0.1, 0.15) is 120 Å². The normalized spacial score (nSPS) is 53.9. The Labute approximate surface area is 371 Å². The van der Waals surface area contributed by atoms with Crippen LogP contribution in [0.3, 0.4) is 0 Å². The van der Waals surface area contributed by atoms with Crippen molar-refractivity contribution in [1.29, 1.82) is 0 Å². The van der Waals surface area contributed by atoms with E-state index < -0.39 is 116 Å². The van der Waals surface area contributed by atoms with Gasteiger partial charge in [-0.15, -0.1) is 0 Å². The predicted octanol–water partition coefficient (Wildman–Crippen LogP) is 2.37. The average Bonchev–Trinajstić information content (AvgIpc) is 3.49. The van der Waals surface area contributed by atoms with Gasteiger partial charge < -0.3 is 74.4 Å². The van der Waals surface area contributed by atoms with E-state index in [0.717, 1.165) is 51.4 Å². The molecule has 0 amide bonds. The predicted molar refractivity (Wildman–Crippen MR) is 223 cm³/mol. The van der Waals surface area contributed by atoms with E-state index >= 15 is 0 Å². The third kappa shape index (κ3) is 7.42. The standard InChI is InChI=1S/C47H76O16/c1-22-30(50)32(52)37(63-39-34(54)31(51)25(20-48)59-39)40(58-22)62-36-26(21-49)60-38(35(55)33(36)53)61-29-12-13-44(6)27(43(29,4)5)11-14-46(8)28(44)10-9-23-24-19-42(2,3)15-17-47(24,41(56)57)18-16-45(23,46)7/h9,22,24-40,48-55H,10-21H2,1-8H3,(H,56,57)/t22-,24-,25-,26+,27-,28+,29-,30-,31-,32+,33+,34+,35+,36+,37+,38-,39-,40-,44-,45+,46+,47-/m0/s1. The average molecular weight is 897 g/mol. The lowest BCUT2D eigenvalue weighted by Gasteiger charge is -2.71. The topological polar surface area (TPSA) is 255 Å². The number of carbonyl (C=O) groups is 1. The van der Waals surface area contributed by atoms with Crippen molar-refractivity contribution in [3.8, 4) is 0 Å². The molecular weight excluding hydrogens is 821 g/mol. The molecule has 0 aromatic heterocycles. The molecule has 0 spiro atoms. The monoisotopic (exact) mass is 897 g/mol. The van der Waals surface area contributed by atoms with Crippen molar-refractivity contribution in [2.75, 3.05) is 13.2 Å². The molecule has 0 unspecified atom stereocenters. The van der Waals surface area contributed by atoms with Crippen molar-refractivity contribution in [2.45, 2.75) is 212 Å². The first-order chi connectivity index (χ1) is 29.4. The van der Waals surface area contributed by atoms with E-state index in [1.54, 1.807) is 0 Å². The number of ether oxygens (including phenoxy) is 6. The van der Waals surface area contributed by atoms with Gasteiger partial charge in [-0.3, -0.25) is 4.79 Å². The summed E-state index contributed by atoms with van der Waals surface area (Å²) in [5, 5.41) is 96.7. The molecule has 4 saturated carbocycles. The van der Waals surface area contributed by atoms with Gasteiger partial charge in [-0.2, -0.15) is 0 Å². The zero-order valence-corrected chi connectivity index (χ0v) is 38.3. The number of carboxylic acid groups (broad SMARTS) is 1. The van der Waals surface area contributed by atoms with Gasteiger partial charge in [0.15, 0.2) is 18.9 Å². The Bertz CT molecular complexity index is 1720. The Kier molecular flexibility index (Phi) is 12.8. The molecule has 63 heavy (non-hydrogen) atoms. The van der Waals surface area contributed by atoms with Crippen molar-refractivity contribution < 1.29 is 79.2 Å². The van der Waals surface area contributed by atoms with Gasteiger partial charge in [0, 0.05) is 0 Å². The fourth-order valence-corrected chi connectivity index (χ4v) is 14.9. The van der Waals surface area contributed by atoms with Gasteiger partial charge in [0.2, 0.25) is 0 Å². The van der Waals surface area contributed by atoms with Crippen LogP contribution in [0.4, 0.5) is 0 Å². The van der Waals surface area contributed by atoms with Crippen molar-refractivity contribution in [3.05, 3.63) is 11.6 Å². The van der Waals surface area contributed by atoms with Crippen LogP contribution in [0, 0.1) is 50.2 Å². The van der Waals surface area contributed by atoms with Crippen LogP contribution in [0.5, 0.6) is 0 Å². The molecule has 3 saturated heterocycles. The van der Waals surface area contributed by atoms with Gasteiger partial charge in [-0.05, 0) is 116 Å². The van der Waals surface area contributed by atoms with E-state index in [9.17, 15) is 50.8 Å². The minimum atomic E-state index is -1.68. The first kappa shape index (κ1) is 48.1. The summed E-state index contributed by atoms with van der Waals surface area (Å²) >= 11 is 0. The van der Waals surface area contributed by atoms with Gasteiger partial charge in [0.1, 0.15) is 61.0 Å². The highest BCUT2D eigenvalue weighted by molar-refractivity contribution is 5.76. The smallest absolute Gasteiger partial charge is 0.310 e. The third-order valence-electron chi connectivity index (χ3n) is 19.0. The van der Waals surface area contributed by atoms with Crippen LogP contribution >= 0.6 is 0 Å². The minimum absolute atomic E-state index is 0.0282. The summed E-state index contributed by atoms with van der Waals surface area (Å²) < 4.78 is 36.1. The highest BCUT2D eigenvalue weighted by Gasteiger charge is 2.70. The first-order valence-corrected chi connectivity index (χ1v) is 23.6. The van der Waals surface area contributed by atoms with E-state index in [1.807, 2.05) is 0 Å². The number of aliphatic hydroxyl groups excluding tert-OH is 8. The molecule has 5 aliphatic carbocycles. The molecule has 8 rings (SSSR count). The van der Waals surface area contributed by atoms with E-state index in [1.165, 1.54) is 12.5 Å². The fraction of sp³-hybridized carbons (Fsp3) is 0.936. The molecule has 0 aromatic rings. The third-order valence-corrected chi connectivity index (χ3v) is 19.0. The lowest BCUT2D eigenvalue weighted by molar-refractivity contribution is -0.378. The molecule has 0 bridgehead atoms. The number of allylic oxidation sites excluding steroid dienone is 2. The summed E-state index contributed by atoms with van der Waals surface area (Å²) in [6, 6.07) is 0. The second-order valence-electron chi connectivity index (χ2n) is 23.0. The molecular formula is C47H76O16. The molecule has 22 atom stereocenters. The van der Waals surface area contributed by atoms with Gasteiger partial charge in [0.25, 0.3) is 0 Å². The molecule has 0 radical (unpaired) electrons. The Morgan fingerprint density at radius 1 is 0.667 bits per heavy atom. The van der Waals surface area contributed by atoms with Crippen LogP contribution in [-0.2, 0) is 33.2 Å². The maximum atomic E-state index is 13.1. The highest BCUT2D eigenvalue weighted by atomic mass is 16.8. The molecule has 7 fully saturated rings. The molecule has 3 heterocycles. The molecule has 16 heteroatoms. The van der Waals surface area contributed by atoms with Crippen LogP contribution < -0.4 is 0 Å². The number of rotatable bonds is 9. The zero-order valence-electron chi connectivity index (χ0n) is 38.3. The number of aliphatic hydroxyl groups is 8. The second-order valence-corrected chi connectivity index (χ2v) is 23.0. The van der Waals surface area contributed by atoms with Crippen molar-refractivity contribution in [3.63, 3.8) is 0 Å². The Hall–Kier alpha value is -1.35. The minimum Gasteiger partial charge on any atom is -0.481 e. The number of hydrogen-bond donors (Lipinski definition) is 9. The van der Waals surface area contributed by atoms with Gasteiger partial charge in [0.05, 0.1) is 30.8 Å². The van der Waals surface area contributed by atoms with Gasteiger partial charge >= 0.3 is 5.97 Å². The second kappa shape index (κ2) is 16.7. The van der Waals surface area contributed by atoms with Gasteiger partial charge in [-0.25, -0.2) is 0 Å². The summed E-state index contributed by atoms with van der Waals surface area (Å²) in [5.74, 6) is 0.0101. The van der Waals surface area contributed by atoms with Crippen LogP contribution in [0.2, 0.25) is 0 Å². The fourth-order valence-electron chi connectivity index (χ4n) is 14.9. The van der Waals surface area contributed by atoms with Gasteiger partial charge in [-0.1, -0.05) is 60.1 Å². The quantitative estimate of drug-likeness (QED) is 0.119. The van der Waals surface area contributed by atoms with Crippen molar-refractivity contribution in [1.82, 2.24) is 0 Å². The van der Waals surface area contributed by atoms with E-state index in [0.29, 0.717) is 18.8 Å². The summed E-state index contributed by atoms with van der Waals surface area (Å²) in [7, 11) is 0. The number of hydrogen-bond acceptors (Lipinski definition) is 15. The largest absolute Gasteiger partial charge is 0.481 e. The molecule has 3 aliphatic heterocycles. The maximum Gasteiger partial charge on any atom is 0.310 e. The summed E-state index contributed by atoms with van der Waals surface area (Å²) in [6.07, 6.45) is -9.82. The maximum absolute atomic E-state index is 13.1. The number of carboxylic acids is 1. The molecule has 360 valence electrons. The number of aliphatic carboxylic acids is 1. The van der Waals surface area contributed by atoms with E-state index in [-0.39, 0.29) is 39.6 Å². The Morgan fingerprint density at radius 3 is 1.92 bits per heavy atom. The van der Waals surface area contributed by atoms with E-state index in [4.69, 9.17) is 28.4 Å². The highest BCUT2D eigenvalue weighted by Crippen LogP contribution is 2.76. The van der Waals surface area contributed by atoms with Crippen LogP contribution in [0.15, 0.2) is 11.6 Å². The van der Waals surface area contributed by atoms with Crippen LogP contribution in [-0.4, -0.2) is 157 Å². The Balaban J connectivity index is 0.976. The summed E-state index contributed by atoms with van der Waals surface area (Å²) in [4.78, 5) is 13.1. The zero-order chi connectivity index (χ0) is 46.0. The Morgan fingerprint density at radius 2 is 1.27 bits per heavy atom. The van der Waals surface area contributed by atoms with E-state index in [2.05, 4.69) is 54.5 Å². The lowest BCUT2D eigenvalue weighted by Crippen LogP contribution is -2.67. The molecule has 9 N–H and O–H groups in total. The molecule has 16 nitrogen and oxygen atoms in total.